The lowest BCUT2D eigenvalue weighted by Gasteiger charge is -2.32. The van der Waals surface area contributed by atoms with Crippen LogP contribution in [0.4, 0.5) is 23.2 Å². The second kappa shape index (κ2) is 16.9. The van der Waals surface area contributed by atoms with Gasteiger partial charge in [0.2, 0.25) is 5.91 Å². The largest absolute Gasteiger partial charge is 0.493 e. The van der Waals surface area contributed by atoms with Crippen molar-refractivity contribution in [2.75, 3.05) is 64.8 Å². The highest BCUT2D eigenvalue weighted by atomic mass is 19.4. The van der Waals surface area contributed by atoms with Gasteiger partial charge in [0.1, 0.15) is 17.3 Å². The molecule has 4 N–H and O–H groups in total. The summed E-state index contributed by atoms with van der Waals surface area (Å²) in [6.07, 6.45) is -2.86. The van der Waals surface area contributed by atoms with Crippen LogP contribution in [0.5, 0.6) is 11.5 Å². The molecule has 0 radical (unpaired) electrons. The second-order valence-electron chi connectivity index (χ2n) is 12.4. The number of carbonyl (C=O) groups is 2. The number of aromatic nitrogens is 2. The van der Waals surface area contributed by atoms with Gasteiger partial charge in [-0.1, -0.05) is 12.1 Å². The molecule has 1 fully saturated rings. The molecule has 4 aromatic rings. The summed E-state index contributed by atoms with van der Waals surface area (Å²) in [5, 5.41) is 5.04. The van der Waals surface area contributed by atoms with Gasteiger partial charge in [0, 0.05) is 91.7 Å². The monoisotopic (exact) mass is 740 g/mol. The van der Waals surface area contributed by atoms with Gasteiger partial charge in [-0.25, -0.2) is 4.39 Å². The maximum Gasteiger partial charge on any atom is 0.416 e. The Bertz CT molecular complexity index is 2070. The molecule has 12 nitrogen and oxygen atoms in total. The molecule has 2 aromatic heterocycles. The average Bonchev–Trinajstić information content (AvgIpc) is 3.10. The Balaban J connectivity index is 1.45. The number of alkyl halides is 3. The number of nitrogens with one attached hydrogen (secondary N) is 4. The summed E-state index contributed by atoms with van der Waals surface area (Å²) >= 11 is 0. The molecule has 0 aliphatic carbocycles. The Labute approximate surface area is 302 Å². The average molecular weight is 741 g/mol. The van der Waals surface area contributed by atoms with Crippen molar-refractivity contribution in [1.82, 2.24) is 25.1 Å². The fourth-order valence-corrected chi connectivity index (χ4v) is 5.98. The molecule has 0 saturated carbocycles. The molecule has 0 atom stereocenters. The number of amides is 2. The third-order valence-corrected chi connectivity index (χ3v) is 8.62. The topological polar surface area (TPSA) is 149 Å². The van der Waals surface area contributed by atoms with E-state index in [0.29, 0.717) is 24.2 Å². The Morgan fingerprint density at radius 3 is 2.09 bits per heavy atom. The van der Waals surface area contributed by atoms with Gasteiger partial charge in [-0.05, 0) is 50.2 Å². The first-order chi connectivity index (χ1) is 25.3. The van der Waals surface area contributed by atoms with Crippen molar-refractivity contribution in [2.45, 2.75) is 26.4 Å². The number of ether oxygens (including phenoxy) is 2. The van der Waals surface area contributed by atoms with Crippen LogP contribution in [0.3, 0.4) is 0 Å². The van der Waals surface area contributed by atoms with Crippen LogP contribution < -0.4 is 31.2 Å². The molecule has 2 aromatic carbocycles. The standard InChI is InChI=1S/C37H40F4N6O6/c1-4-52-29-18-31(48)43-20-27(29)26-7-6-22(35(38)34(26)28-21-44-32(49)19-30(28)53-5-2)16-33(50)45-25-15-23(14-24(17-25)37(39,40)41)36(51)42-8-9-47-12-10-46(3)11-13-47/h6-7,14-15,17-21H,4-5,8-13,16H2,1-3H3,(H,42,51)(H,43,48)(H,44,49)(H,45,50). The van der Waals surface area contributed by atoms with Crippen LogP contribution in [0, 0.1) is 5.82 Å². The molecule has 2 amide bonds. The number of nitrogens with zero attached hydrogens (tertiary/aromatic N) is 2. The molecule has 5 rings (SSSR count). The van der Waals surface area contributed by atoms with E-state index in [2.05, 4.69) is 30.4 Å². The van der Waals surface area contributed by atoms with Gasteiger partial charge in [0.25, 0.3) is 17.0 Å². The zero-order valence-electron chi connectivity index (χ0n) is 29.4. The molecule has 0 unspecified atom stereocenters. The zero-order chi connectivity index (χ0) is 38.3. The predicted molar refractivity (Wildman–Crippen MR) is 191 cm³/mol. The van der Waals surface area contributed by atoms with E-state index in [1.165, 1.54) is 30.6 Å². The molecule has 3 heterocycles. The number of halogens is 4. The second-order valence-corrected chi connectivity index (χ2v) is 12.4. The van der Waals surface area contributed by atoms with Gasteiger partial charge in [-0.2, -0.15) is 13.2 Å². The minimum atomic E-state index is -4.83. The highest BCUT2D eigenvalue weighted by Crippen LogP contribution is 2.42. The molecule has 53 heavy (non-hydrogen) atoms. The van der Waals surface area contributed by atoms with Crippen molar-refractivity contribution < 1.29 is 36.6 Å². The number of pyridine rings is 2. The van der Waals surface area contributed by atoms with E-state index < -0.39 is 46.9 Å². The normalized spacial score (nSPS) is 13.8. The maximum absolute atomic E-state index is 16.7. The van der Waals surface area contributed by atoms with Crippen LogP contribution >= 0.6 is 0 Å². The van der Waals surface area contributed by atoms with E-state index in [0.717, 1.165) is 38.3 Å². The van der Waals surface area contributed by atoms with Gasteiger partial charge >= 0.3 is 6.18 Å². The fraction of sp³-hybridized carbons (Fsp3) is 0.351. The Hall–Kier alpha value is -5.48. The first kappa shape index (κ1) is 38.7. The molecule has 1 aliphatic rings. The zero-order valence-corrected chi connectivity index (χ0v) is 29.4. The summed E-state index contributed by atoms with van der Waals surface area (Å²) in [5.74, 6) is -2.32. The number of carbonyl (C=O) groups excluding carboxylic acids is 2. The quantitative estimate of drug-likeness (QED) is 0.147. The first-order valence-corrected chi connectivity index (χ1v) is 17.0. The van der Waals surface area contributed by atoms with E-state index in [4.69, 9.17) is 9.47 Å². The van der Waals surface area contributed by atoms with Crippen LogP contribution in [0.15, 0.2) is 64.4 Å². The minimum Gasteiger partial charge on any atom is -0.493 e. The number of piperazine rings is 1. The molecule has 0 spiro atoms. The molecule has 282 valence electrons. The van der Waals surface area contributed by atoms with Crippen molar-refractivity contribution in [3.05, 3.63) is 98.1 Å². The fourth-order valence-electron chi connectivity index (χ4n) is 5.98. The highest BCUT2D eigenvalue weighted by molar-refractivity contribution is 5.98. The molecular formula is C37H40F4N6O6. The van der Waals surface area contributed by atoms with E-state index >= 15 is 4.39 Å². The number of H-pyrrole nitrogens is 2. The van der Waals surface area contributed by atoms with Gasteiger partial charge in [0.05, 0.1) is 25.2 Å². The van der Waals surface area contributed by atoms with E-state index in [1.807, 2.05) is 7.05 Å². The van der Waals surface area contributed by atoms with Crippen LogP contribution in [-0.4, -0.2) is 91.1 Å². The van der Waals surface area contributed by atoms with Crippen LogP contribution in [-0.2, 0) is 17.4 Å². The summed E-state index contributed by atoms with van der Waals surface area (Å²) in [5.41, 5.74) is -2.35. The Morgan fingerprint density at radius 1 is 0.849 bits per heavy atom. The lowest BCUT2D eigenvalue weighted by molar-refractivity contribution is -0.137. The Kier molecular flexibility index (Phi) is 12.4. The molecule has 1 aliphatic heterocycles. The lowest BCUT2D eigenvalue weighted by atomic mass is 9.91. The summed E-state index contributed by atoms with van der Waals surface area (Å²) in [6, 6.07) is 7.70. The summed E-state index contributed by atoms with van der Waals surface area (Å²) in [6.45, 7) is 7.77. The molecule has 1 saturated heterocycles. The van der Waals surface area contributed by atoms with Crippen molar-refractivity contribution in [2.24, 2.45) is 0 Å². The lowest BCUT2D eigenvalue weighted by Crippen LogP contribution is -2.46. The van der Waals surface area contributed by atoms with Crippen LogP contribution in [0.1, 0.15) is 35.3 Å². The third kappa shape index (κ3) is 9.70. The number of hydrogen-bond acceptors (Lipinski definition) is 8. The molecule has 0 bridgehead atoms. The number of likely N-dealkylation sites (N-methyl/N-ethyl adjacent to an activating group) is 1. The van der Waals surface area contributed by atoms with E-state index in [1.54, 1.807) is 13.8 Å². The van der Waals surface area contributed by atoms with Crippen LogP contribution in [0.25, 0.3) is 22.3 Å². The van der Waals surface area contributed by atoms with E-state index in [9.17, 15) is 32.3 Å². The molecule has 16 heteroatoms. The SMILES string of the molecule is CCOc1cc(=O)[nH]cc1-c1ccc(CC(=O)Nc2cc(C(=O)NCCN3CCN(C)CC3)cc(C(F)(F)F)c2)c(F)c1-c1c[nH]c(=O)cc1OCC. The summed E-state index contributed by atoms with van der Waals surface area (Å²) < 4.78 is 69.8. The Morgan fingerprint density at radius 2 is 1.47 bits per heavy atom. The number of hydrogen-bond donors (Lipinski definition) is 4. The summed E-state index contributed by atoms with van der Waals surface area (Å²) in [7, 11) is 2.01. The van der Waals surface area contributed by atoms with Gasteiger partial charge < -0.3 is 35.0 Å². The maximum atomic E-state index is 16.7. The smallest absolute Gasteiger partial charge is 0.416 e. The van der Waals surface area contributed by atoms with Gasteiger partial charge in [-0.15, -0.1) is 0 Å². The van der Waals surface area contributed by atoms with E-state index in [-0.39, 0.29) is 64.8 Å². The highest BCUT2D eigenvalue weighted by Gasteiger charge is 2.32. The van der Waals surface area contributed by atoms with Crippen molar-refractivity contribution in [3.8, 4) is 33.8 Å². The number of rotatable bonds is 13. The van der Waals surface area contributed by atoms with Crippen molar-refractivity contribution in [1.29, 1.82) is 0 Å². The number of benzene rings is 2. The first-order valence-electron chi connectivity index (χ1n) is 17.0. The number of anilines is 1. The van der Waals surface area contributed by atoms with Gasteiger partial charge in [-0.3, -0.25) is 24.1 Å². The van der Waals surface area contributed by atoms with Gasteiger partial charge in [0.15, 0.2) is 0 Å². The predicted octanol–water partition coefficient (Wildman–Crippen LogP) is 4.51. The van der Waals surface area contributed by atoms with Crippen molar-refractivity contribution in [3.63, 3.8) is 0 Å². The van der Waals surface area contributed by atoms with Crippen molar-refractivity contribution >= 4 is 17.5 Å². The third-order valence-electron chi connectivity index (χ3n) is 8.62. The summed E-state index contributed by atoms with van der Waals surface area (Å²) in [4.78, 5) is 60.0. The number of aromatic amines is 2. The molecular weight excluding hydrogens is 700 g/mol. The minimum absolute atomic E-state index is 0.0405. The van der Waals surface area contributed by atoms with Crippen LogP contribution in [0.2, 0.25) is 0 Å².